The molecule has 6 aromatic rings. The summed E-state index contributed by atoms with van der Waals surface area (Å²) in [5.74, 6) is 0.812. The van der Waals surface area contributed by atoms with Gasteiger partial charge in [-0.15, -0.1) is 0 Å². The first kappa shape index (κ1) is 23.7. The van der Waals surface area contributed by atoms with E-state index in [2.05, 4.69) is 125 Å². The highest BCUT2D eigenvalue weighted by Gasteiger charge is 2.40. The summed E-state index contributed by atoms with van der Waals surface area (Å²) in [6, 6.07) is 46.3. The van der Waals surface area contributed by atoms with Crippen LogP contribution in [0.25, 0.3) is 22.0 Å². The fourth-order valence-electron chi connectivity index (χ4n) is 5.49. The molecule has 4 heteroatoms. The molecule has 38 heavy (non-hydrogen) atoms. The molecule has 0 atom stereocenters. The maximum absolute atomic E-state index is 9.66. The Kier molecular flexibility index (Phi) is 6.24. The second-order valence-corrected chi connectivity index (χ2v) is 9.41. The summed E-state index contributed by atoms with van der Waals surface area (Å²) in [5, 5.41) is 19.3. The first-order chi connectivity index (χ1) is 18.8. The summed E-state index contributed by atoms with van der Waals surface area (Å²) < 4.78 is 2.17. The van der Waals surface area contributed by atoms with E-state index in [4.69, 9.17) is 5.10 Å². The lowest BCUT2D eigenvalue weighted by molar-refractivity contribution is 0.282. The molecule has 1 aromatic heterocycles. The standard InChI is InChI=1S/C34H29N3O/c1-35-33-31-23-27(26-13-11-12-25(22-26)24-38)20-21-32(31)37(36-33)34(28-14-5-2-6-15-28,29-16-7-3-8-17-29)30-18-9-4-10-19-30/h2-23,38H,24H2,1H3,(H,35,36). The highest BCUT2D eigenvalue weighted by atomic mass is 16.3. The Balaban J connectivity index is 1.69. The van der Waals surface area contributed by atoms with Crippen LogP contribution < -0.4 is 5.32 Å². The van der Waals surface area contributed by atoms with Gasteiger partial charge in [-0.05, 0) is 51.6 Å². The number of aromatic nitrogens is 2. The Morgan fingerprint density at radius 1 is 0.658 bits per heavy atom. The number of benzene rings is 5. The largest absolute Gasteiger partial charge is 0.392 e. The Morgan fingerprint density at radius 3 is 1.74 bits per heavy atom. The van der Waals surface area contributed by atoms with Gasteiger partial charge in [0.15, 0.2) is 5.82 Å². The van der Waals surface area contributed by atoms with Crippen LogP contribution in [-0.2, 0) is 12.1 Å². The zero-order valence-corrected chi connectivity index (χ0v) is 21.3. The van der Waals surface area contributed by atoms with Gasteiger partial charge in [0.05, 0.1) is 12.1 Å². The van der Waals surface area contributed by atoms with Crippen LogP contribution in [-0.4, -0.2) is 21.9 Å². The normalized spacial score (nSPS) is 11.5. The summed E-state index contributed by atoms with van der Waals surface area (Å²) >= 11 is 0. The van der Waals surface area contributed by atoms with Crippen LogP contribution in [0.15, 0.2) is 133 Å². The van der Waals surface area contributed by atoms with Crippen molar-refractivity contribution in [1.82, 2.24) is 9.78 Å². The van der Waals surface area contributed by atoms with Crippen LogP contribution in [0.5, 0.6) is 0 Å². The van der Waals surface area contributed by atoms with Gasteiger partial charge in [0, 0.05) is 12.4 Å². The minimum Gasteiger partial charge on any atom is -0.392 e. The van der Waals surface area contributed by atoms with E-state index in [9.17, 15) is 5.11 Å². The number of anilines is 1. The van der Waals surface area contributed by atoms with Crippen molar-refractivity contribution in [3.05, 3.63) is 156 Å². The first-order valence-electron chi connectivity index (χ1n) is 12.8. The van der Waals surface area contributed by atoms with Gasteiger partial charge in [0.1, 0.15) is 5.54 Å². The minimum absolute atomic E-state index is 0.0174. The van der Waals surface area contributed by atoms with Crippen molar-refractivity contribution >= 4 is 16.7 Å². The Hall–Kier alpha value is -4.67. The van der Waals surface area contributed by atoms with E-state index in [-0.39, 0.29) is 6.61 Å². The number of rotatable bonds is 7. The van der Waals surface area contributed by atoms with Gasteiger partial charge in [-0.2, -0.15) is 5.10 Å². The molecule has 0 fully saturated rings. The topological polar surface area (TPSA) is 50.1 Å². The van der Waals surface area contributed by atoms with Gasteiger partial charge < -0.3 is 10.4 Å². The van der Waals surface area contributed by atoms with Crippen molar-refractivity contribution in [3.63, 3.8) is 0 Å². The van der Waals surface area contributed by atoms with E-state index in [1.165, 1.54) is 0 Å². The van der Waals surface area contributed by atoms with E-state index in [0.717, 1.165) is 50.1 Å². The Bertz CT molecular complexity index is 1580. The predicted octanol–water partition coefficient (Wildman–Crippen LogP) is 7.08. The Morgan fingerprint density at radius 2 is 1.21 bits per heavy atom. The molecule has 6 rings (SSSR count). The third kappa shape index (κ3) is 3.87. The second-order valence-electron chi connectivity index (χ2n) is 9.41. The van der Waals surface area contributed by atoms with E-state index >= 15 is 0 Å². The number of nitrogens with one attached hydrogen (secondary N) is 1. The summed E-state index contributed by atoms with van der Waals surface area (Å²) in [4.78, 5) is 0. The van der Waals surface area contributed by atoms with Gasteiger partial charge >= 0.3 is 0 Å². The zero-order valence-electron chi connectivity index (χ0n) is 21.3. The molecule has 5 aromatic carbocycles. The molecule has 186 valence electrons. The number of hydrogen-bond acceptors (Lipinski definition) is 3. The van der Waals surface area contributed by atoms with Gasteiger partial charge in [0.25, 0.3) is 0 Å². The molecule has 0 unspecified atom stereocenters. The molecule has 0 amide bonds. The number of hydrogen-bond donors (Lipinski definition) is 2. The molecule has 4 nitrogen and oxygen atoms in total. The lowest BCUT2D eigenvalue weighted by Crippen LogP contribution is -2.38. The number of nitrogens with zero attached hydrogens (tertiary/aromatic N) is 2. The van der Waals surface area contributed by atoms with Crippen LogP contribution in [0.1, 0.15) is 22.3 Å². The smallest absolute Gasteiger partial charge is 0.155 e. The Labute approximate surface area is 222 Å². The molecule has 0 saturated heterocycles. The van der Waals surface area contributed by atoms with E-state index in [0.29, 0.717) is 0 Å². The van der Waals surface area contributed by atoms with Gasteiger partial charge in [0.2, 0.25) is 0 Å². The van der Waals surface area contributed by atoms with Crippen LogP contribution in [0.4, 0.5) is 5.82 Å². The van der Waals surface area contributed by atoms with Crippen LogP contribution in [0.3, 0.4) is 0 Å². The van der Waals surface area contributed by atoms with Crippen LogP contribution in [0.2, 0.25) is 0 Å². The van der Waals surface area contributed by atoms with Gasteiger partial charge in [-0.25, -0.2) is 4.68 Å². The number of aliphatic hydroxyl groups is 1. The van der Waals surface area contributed by atoms with E-state index in [1.54, 1.807) is 0 Å². The molecule has 0 saturated carbocycles. The fraction of sp³-hybridized carbons (Fsp3) is 0.0882. The van der Waals surface area contributed by atoms with Gasteiger partial charge in [-0.3, -0.25) is 0 Å². The maximum Gasteiger partial charge on any atom is 0.155 e. The first-order valence-corrected chi connectivity index (χ1v) is 12.8. The predicted molar refractivity (Wildman–Crippen MR) is 155 cm³/mol. The summed E-state index contributed by atoms with van der Waals surface area (Å²) in [5.41, 5.74) is 6.74. The van der Waals surface area contributed by atoms with Crippen molar-refractivity contribution in [2.45, 2.75) is 12.1 Å². The average molecular weight is 496 g/mol. The molecule has 0 bridgehead atoms. The SMILES string of the molecule is CNc1nn(C(c2ccccc2)(c2ccccc2)c2ccccc2)c2ccc(-c3cccc(CO)c3)cc12. The molecule has 1 heterocycles. The monoisotopic (exact) mass is 495 g/mol. The molecule has 2 N–H and O–H groups in total. The van der Waals surface area contributed by atoms with Crippen molar-refractivity contribution in [2.24, 2.45) is 0 Å². The van der Waals surface area contributed by atoms with Gasteiger partial charge in [-0.1, -0.05) is 115 Å². The quantitative estimate of drug-likeness (QED) is 0.233. The fourth-order valence-corrected chi connectivity index (χ4v) is 5.49. The highest BCUT2D eigenvalue weighted by molar-refractivity contribution is 5.94. The van der Waals surface area contributed by atoms with Crippen LogP contribution >= 0.6 is 0 Å². The molecular weight excluding hydrogens is 466 g/mol. The molecule has 0 spiro atoms. The summed E-state index contributed by atoms with van der Waals surface area (Å²) in [7, 11) is 1.92. The molecule has 0 radical (unpaired) electrons. The number of fused-ring (bicyclic) bond motifs is 1. The maximum atomic E-state index is 9.66. The van der Waals surface area contributed by atoms with Crippen molar-refractivity contribution < 1.29 is 5.11 Å². The van der Waals surface area contributed by atoms with Crippen molar-refractivity contribution in [3.8, 4) is 11.1 Å². The molecule has 0 aliphatic heterocycles. The summed E-state index contributed by atoms with van der Waals surface area (Å²) in [6.07, 6.45) is 0. The highest BCUT2D eigenvalue weighted by Crippen LogP contribution is 2.43. The average Bonchev–Trinajstić information content (AvgIpc) is 3.37. The molecule has 0 aliphatic carbocycles. The number of aliphatic hydroxyl groups excluding tert-OH is 1. The molecule has 0 aliphatic rings. The second kappa shape index (κ2) is 10.0. The summed E-state index contributed by atoms with van der Waals surface area (Å²) in [6.45, 7) is 0.0174. The van der Waals surface area contributed by atoms with E-state index < -0.39 is 5.54 Å². The lowest BCUT2D eigenvalue weighted by atomic mass is 9.77. The zero-order chi connectivity index (χ0) is 26.0. The molecular formula is C34H29N3O. The minimum atomic E-state index is -0.699. The third-order valence-electron chi connectivity index (χ3n) is 7.25. The van der Waals surface area contributed by atoms with Crippen molar-refractivity contribution in [1.29, 1.82) is 0 Å². The lowest BCUT2D eigenvalue weighted by Gasteiger charge is -2.37. The van der Waals surface area contributed by atoms with Crippen molar-refractivity contribution in [2.75, 3.05) is 12.4 Å². The van der Waals surface area contributed by atoms with E-state index in [1.807, 2.05) is 25.2 Å². The van der Waals surface area contributed by atoms with Crippen LogP contribution in [0, 0.1) is 0 Å². The third-order valence-corrected chi connectivity index (χ3v) is 7.25.